The average Bonchev–Trinajstić information content (AvgIpc) is 2.56. The van der Waals surface area contributed by atoms with Crippen molar-refractivity contribution in [3.8, 4) is 5.75 Å². The van der Waals surface area contributed by atoms with E-state index < -0.39 is 12.0 Å². The predicted octanol–water partition coefficient (Wildman–Crippen LogP) is 3.15. The fourth-order valence-corrected chi connectivity index (χ4v) is 2.33. The molecule has 1 atom stereocenters. The molecule has 0 saturated heterocycles. The molecule has 0 bridgehead atoms. The minimum absolute atomic E-state index is 0.166. The van der Waals surface area contributed by atoms with E-state index in [4.69, 9.17) is 27.9 Å². The first-order chi connectivity index (χ1) is 11.5. The molecule has 24 heavy (non-hydrogen) atoms. The maximum atomic E-state index is 12.0. The molecule has 0 saturated carbocycles. The zero-order valence-corrected chi connectivity index (χ0v) is 14.4. The predicted molar refractivity (Wildman–Crippen MR) is 93.0 cm³/mol. The molecular formula is C17H16Cl2N2O3. The summed E-state index contributed by atoms with van der Waals surface area (Å²) in [5.41, 5.74) is 5.52. The van der Waals surface area contributed by atoms with Gasteiger partial charge in [0, 0.05) is 5.02 Å². The standard InChI is InChI=1S/C17H16Cl2N2O3/c1-11(24-15-8-7-13(18)10-14(15)19)17(23)21-20-16(22)9-12-5-3-2-4-6-12/h2-8,10-11H,9H2,1H3,(H,20,22)(H,21,23). The molecule has 2 aromatic rings. The Morgan fingerprint density at radius 1 is 1.08 bits per heavy atom. The number of ether oxygens (including phenoxy) is 1. The van der Waals surface area contributed by atoms with Gasteiger partial charge in [0.05, 0.1) is 11.4 Å². The van der Waals surface area contributed by atoms with Gasteiger partial charge in [-0.15, -0.1) is 0 Å². The smallest absolute Gasteiger partial charge is 0.279 e. The molecular weight excluding hydrogens is 351 g/mol. The molecule has 126 valence electrons. The Hall–Kier alpha value is -2.24. The molecule has 0 aliphatic heterocycles. The number of hydrazine groups is 1. The van der Waals surface area contributed by atoms with Crippen LogP contribution < -0.4 is 15.6 Å². The SMILES string of the molecule is CC(Oc1ccc(Cl)cc1Cl)C(=O)NNC(=O)Cc1ccccc1. The second-order valence-corrected chi connectivity index (χ2v) is 5.88. The van der Waals surface area contributed by atoms with Crippen LogP contribution in [0.3, 0.4) is 0 Å². The topological polar surface area (TPSA) is 67.4 Å². The van der Waals surface area contributed by atoms with Crippen LogP contribution in [-0.2, 0) is 16.0 Å². The van der Waals surface area contributed by atoms with E-state index in [0.29, 0.717) is 15.8 Å². The maximum Gasteiger partial charge on any atom is 0.279 e. The Morgan fingerprint density at radius 2 is 1.79 bits per heavy atom. The van der Waals surface area contributed by atoms with Crippen molar-refractivity contribution in [3.05, 3.63) is 64.1 Å². The third kappa shape index (κ3) is 5.44. The lowest BCUT2D eigenvalue weighted by Crippen LogP contribution is -2.47. The van der Waals surface area contributed by atoms with Crippen molar-refractivity contribution in [2.45, 2.75) is 19.4 Å². The van der Waals surface area contributed by atoms with E-state index in [0.717, 1.165) is 5.56 Å². The second kappa shape index (κ2) is 8.57. The van der Waals surface area contributed by atoms with Crippen molar-refractivity contribution >= 4 is 35.0 Å². The average molecular weight is 367 g/mol. The minimum Gasteiger partial charge on any atom is -0.479 e. The highest BCUT2D eigenvalue weighted by molar-refractivity contribution is 6.35. The van der Waals surface area contributed by atoms with Crippen LogP contribution >= 0.6 is 23.2 Å². The zero-order valence-electron chi connectivity index (χ0n) is 12.9. The van der Waals surface area contributed by atoms with Gasteiger partial charge in [0.15, 0.2) is 6.10 Å². The quantitative estimate of drug-likeness (QED) is 0.798. The number of benzene rings is 2. The summed E-state index contributed by atoms with van der Waals surface area (Å²) in [6.45, 7) is 1.55. The number of amides is 2. The molecule has 2 amide bonds. The van der Waals surface area contributed by atoms with E-state index in [1.807, 2.05) is 30.3 Å². The number of rotatable bonds is 5. The van der Waals surface area contributed by atoms with Crippen molar-refractivity contribution < 1.29 is 14.3 Å². The maximum absolute atomic E-state index is 12.0. The van der Waals surface area contributed by atoms with Gasteiger partial charge in [-0.2, -0.15) is 0 Å². The molecule has 0 heterocycles. The Labute approximate surface area is 149 Å². The fraction of sp³-hybridized carbons (Fsp3) is 0.176. The van der Waals surface area contributed by atoms with E-state index in [9.17, 15) is 9.59 Å². The van der Waals surface area contributed by atoms with Crippen LogP contribution in [0.1, 0.15) is 12.5 Å². The first-order valence-electron chi connectivity index (χ1n) is 7.20. The highest BCUT2D eigenvalue weighted by atomic mass is 35.5. The number of carbonyl (C=O) groups excluding carboxylic acids is 2. The van der Waals surface area contributed by atoms with Crippen LogP contribution in [0, 0.1) is 0 Å². The first-order valence-corrected chi connectivity index (χ1v) is 7.95. The fourth-order valence-electron chi connectivity index (χ4n) is 1.87. The third-order valence-electron chi connectivity index (χ3n) is 3.10. The van der Waals surface area contributed by atoms with Crippen LogP contribution in [-0.4, -0.2) is 17.9 Å². The molecule has 0 aliphatic carbocycles. The number of hydrogen-bond donors (Lipinski definition) is 2. The van der Waals surface area contributed by atoms with Gasteiger partial charge in [0.25, 0.3) is 5.91 Å². The molecule has 1 unspecified atom stereocenters. The molecule has 0 aromatic heterocycles. The van der Waals surface area contributed by atoms with Crippen LogP contribution in [0.25, 0.3) is 0 Å². The van der Waals surface area contributed by atoms with E-state index in [1.165, 1.54) is 6.07 Å². The summed E-state index contributed by atoms with van der Waals surface area (Å²) >= 11 is 11.8. The van der Waals surface area contributed by atoms with Crippen LogP contribution in [0.4, 0.5) is 0 Å². The Bertz CT molecular complexity index is 723. The second-order valence-electron chi connectivity index (χ2n) is 5.03. The van der Waals surface area contributed by atoms with E-state index in [1.54, 1.807) is 19.1 Å². The van der Waals surface area contributed by atoms with Crippen molar-refractivity contribution in [2.75, 3.05) is 0 Å². The Balaban J connectivity index is 1.82. The van der Waals surface area contributed by atoms with Crippen LogP contribution in [0.5, 0.6) is 5.75 Å². The lowest BCUT2D eigenvalue weighted by atomic mass is 10.1. The lowest BCUT2D eigenvalue weighted by molar-refractivity contribution is -0.132. The van der Waals surface area contributed by atoms with Gasteiger partial charge in [0.2, 0.25) is 5.91 Å². The normalized spacial score (nSPS) is 11.5. The number of nitrogens with one attached hydrogen (secondary N) is 2. The molecule has 0 spiro atoms. The molecule has 5 nitrogen and oxygen atoms in total. The monoisotopic (exact) mass is 366 g/mol. The van der Waals surface area contributed by atoms with E-state index in [2.05, 4.69) is 10.9 Å². The van der Waals surface area contributed by atoms with Gasteiger partial charge in [0.1, 0.15) is 5.75 Å². The van der Waals surface area contributed by atoms with Gasteiger partial charge in [-0.25, -0.2) is 0 Å². The van der Waals surface area contributed by atoms with Crippen LogP contribution in [0.15, 0.2) is 48.5 Å². The van der Waals surface area contributed by atoms with E-state index in [-0.39, 0.29) is 12.3 Å². The first kappa shape index (κ1) is 18.1. The molecule has 0 fully saturated rings. The van der Waals surface area contributed by atoms with Gasteiger partial charge >= 0.3 is 0 Å². The highest BCUT2D eigenvalue weighted by Gasteiger charge is 2.17. The largest absolute Gasteiger partial charge is 0.479 e. The van der Waals surface area contributed by atoms with Crippen molar-refractivity contribution in [1.82, 2.24) is 10.9 Å². The summed E-state index contributed by atoms with van der Waals surface area (Å²) < 4.78 is 5.46. The van der Waals surface area contributed by atoms with Crippen molar-refractivity contribution in [3.63, 3.8) is 0 Å². The summed E-state index contributed by atoms with van der Waals surface area (Å²) in [4.78, 5) is 23.7. The van der Waals surface area contributed by atoms with E-state index >= 15 is 0 Å². The summed E-state index contributed by atoms with van der Waals surface area (Å²) in [6, 6.07) is 13.9. The molecule has 2 aromatic carbocycles. The van der Waals surface area contributed by atoms with Gasteiger partial charge in [-0.05, 0) is 30.7 Å². The van der Waals surface area contributed by atoms with Gasteiger partial charge < -0.3 is 4.74 Å². The lowest BCUT2D eigenvalue weighted by Gasteiger charge is -2.16. The Kier molecular flexibility index (Phi) is 6.46. The molecule has 2 rings (SSSR count). The molecule has 2 N–H and O–H groups in total. The number of carbonyl (C=O) groups is 2. The third-order valence-corrected chi connectivity index (χ3v) is 3.63. The summed E-state index contributed by atoms with van der Waals surface area (Å²) in [5.74, 6) is -0.493. The summed E-state index contributed by atoms with van der Waals surface area (Å²) in [5, 5.41) is 0.771. The summed E-state index contributed by atoms with van der Waals surface area (Å²) in [6.07, 6.45) is -0.681. The number of halogens is 2. The summed E-state index contributed by atoms with van der Waals surface area (Å²) in [7, 11) is 0. The molecule has 0 radical (unpaired) electrons. The Morgan fingerprint density at radius 3 is 2.46 bits per heavy atom. The number of hydrogen-bond acceptors (Lipinski definition) is 3. The molecule has 0 aliphatic rings. The van der Waals surface area contributed by atoms with Gasteiger partial charge in [-0.3, -0.25) is 20.4 Å². The minimum atomic E-state index is -0.847. The van der Waals surface area contributed by atoms with Crippen LogP contribution in [0.2, 0.25) is 10.0 Å². The highest BCUT2D eigenvalue weighted by Crippen LogP contribution is 2.28. The van der Waals surface area contributed by atoms with Crippen molar-refractivity contribution in [2.24, 2.45) is 0 Å². The zero-order chi connectivity index (χ0) is 17.5. The molecule has 7 heteroatoms. The van der Waals surface area contributed by atoms with Crippen molar-refractivity contribution in [1.29, 1.82) is 0 Å². The van der Waals surface area contributed by atoms with Gasteiger partial charge in [-0.1, -0.05) is 53.5 Å².